The first-order valence-electron chi connectivity index (χ1n) is 8.05. The number of para-hydroxylation sites is 1. The van der Waals surface area contributed by atoms with Crippen molar-refractivity contribution in [3.05, 3.63) is 63.3 Å². The number of nitrogens with two attached hydrogens (primary N) is 1. The van der Waals surface area contributed by atoms with Gasteiger partial charge in [-0.15, -0.1) is 0 Å². The summed E-state index contributed by atoms with van der Waals surface area (Å²) < 4.78 is 5.22. The van der Waals surface area contributed by atoms with Gasteiger partial charge in [-0.1, -0.05) is 12.1 Å². The first-order valence-corrected chi connectivity index (χ1v) is 8.05. The number of fused-ring (bicyclic) bond motifs is 2. The van der Waals surface area contributed by atoms with E-state index in [0.717, 1.165) is 35.9 Å². The van der Waals surface area contributed by atoms with Gasteiger partial charge in [0.1, 0.15) is 11.4 Å². The summed E-state index contributed by atoms with van der Waals surface area (Å²) >= 11 is 0. The van der Waals surface area contributed by atoms with Crippen LogP contribution in [0.2, 0.25) is 0 Å². The zero-order valence-corrected chi connectivity index (χ0v) is 13.4. The van der Waals surface area contributed by atoms with Gasteiger partial charge < -0.3 is 15.5 Å². The lowest BCUT2D eigenvalue weighted by Crippen LogP contribution is -2.21. The Labute approximate surface area is 142 Å². The summed E-state index contributed by atoms with van der Waals surface area (Å²) in [4.78, 5) is 35.6. The van der Waals surface area contributed by atoms with Crippen molar-refractivity contribution in [2.24, 2.45) is 0 Å². The Morgan fingerprint density at radius 3 is 2.96 bits per heavy atom. The third-order valence-corrected chi connectivity index (χ3v) is 4.32. The smallest absolute Gasteiger partial charge is 0.344 e. The predicted molar refractivity (Wildman–Crippen MR) is 92.2 cm³/mol. The number of aromatic amines is 1. The molecule has 3 N–H and O–H groups in total. The lowest BCUT2D eigenvalue weighted by Gasteiger charge is -2.07. The quantitative estimate of drug-likeness (QED) is 0.705. The first kappa shape index (κ1) is 15.3. The SMILES string of the molecule is Nc1nc(COC(=O)c2cc3c([nH]c2=O)CCC3)nc2ccccc12. The molecule has 0 fully saturated rings. The highest BCUT2D eigenvalue weighted by molar-refractivity contribution is 5.89. The Kier molecular flexibility index (Phi) is 3.68. The second-order valence-electron chi connectivity index (χ2n) is 5.99. The third-order valence-electron chi connectivity index (χ3n) is 4.32. The number of nitrogens with zero attached hydrogens (tertiary/aromatic N) is 2. The van der Waals surface area contributed by atoms with E-state index in [-0.39, 0.29) is 12.2 Å². The van der Waals surface area contributed by atoms with Gasteiger partial charge in [-0.2, -0.15) is 0 Å². The van der Waals surface area contributed by atoms with Crippen LogP contribution in [0.15, 0.2) is 35.1 Å². The fourth-order valence-electron chi connectivity index (χ4n) is 3.09. The molecule has 1 aliphatic carbocycles. The van der Waals surface area contributed by atoms with Gasteiger partial charge in [0, 0.05) is 11.1 Å². The molecule has 7 heteroatoms. The van der Waals surface area contributed by atoms with Crippen LogP contribution in [-0.4, -0.2) is 20.9 Å². The molecule has 1 aliphatic rings. The van der Waals surface area contributed by atoms with Gasteiger partial charge in [0.25, 0.3) is 5.56 Å². The van der Waals surface area contributed by atoms with Gasteiger partial charge >= 0.3 is 5.97 Å². The van der Waals surface area contributed by atoms with Crippen LogP contribution in [0, 0.1) is 0 Å². The standard InChI is InChI=1S/C18H16N4O3/c19-16-11-5-1-2-6-14(11)20-15(22-16)9-25-18(24)12-8-10-4-3-7-13(10)21-17(12)23/h1-2,5-6,8H,3-4,7,9H2,(H,21,23)(H2,19,20,22). The number of aryl methyl sites for hydroxylation is 2. The van der Waals surface area contributed by atoms with E-state index in [2.05, 4.69) is 15.0 Å². The van der Waals surface area contributed by atoms with Crippen molar-refractivity contribution < 1.29 is 9.53 Å². The fraction of sp³-hybridized carbons (Fsp3) is 0.222. The number of anilines is 1. The number of H-pyrrole nitrogens is 1. The van der Waals surface area contributed by atoms with Crippen LogP contribution >= 0.6 is 0 Å². The number of nitrogens with one attached hydrogen (secondary N) is 1. The van der Waals surface area contributed by atoms with Crippen LogP contribution in [-0.2, 0) is 24.2 Å². The van der Waals surface area contributed by atoms with E-state index in [1.54, 1.807) is 6.07 Å². The Morgan fingerprint density at radius 2 is 2.08 bits per heavy atom. The molecule has 0 bridgehead atoms. The first-order chi connectivity index (χ1) is 12.1. The molecule has 0 unspecified atom stereocenters. The molecule has 7 nitrogen and oxygen atoms in total. The number of esters is 1. The molecule has 25 heavy (non-hydrogen) atoms. The van der Waals surface area contributed by atoms with Crippen molar-refractivity contribution in [2.45, 2.75) is 25.9 Å². The summed E-state index contributed by atoms with van der Waals surface area (Å²) in [5.74, 6) is -0.0690. The number of pyridine rings is 1. The van der Waals surface area contributed by atoms with Gasteiger partial charge in [0.2, 0.25) is 0 Å². The van der Waals surface area contributed by atoms with Crippen molar-refractivity contribution in [2.75, 3.05) is 5.73 Å². The maximum atomic E-state index is 12.3. The van der Waals surface area contributed by atoms with E-state index in [4.69, 9.17) is 10.5 Å². The Morgan fingerprint density at radius 1 is 1.24 bits per heavy atom. The van der Waals surface area contributed by atoms with Crippen LogP contribution in [0.25, 0.3) is 10.9 Å². The fourth-order valence-corrected chi connectivity index (χ4v) is 3.09. The van der Waals surface area contributed by atoms with Crippen molar-refractivity contribution >= 4 is 22.7 Å². The summed E-state index contributed by atoms with van der Waals surface area (Å²) in [6, 6.07) is 8.95. The van der Waals surface area contributed by atoms with Gasteiger partial charge in [-0.25, -0.2) is 14.8 Å². The molecular weight excluding hydrogens is 320 g/mol. The average molecular weight is 336 g/mol. The number of benzene rings is 1. The number of rotatable bonds is 3. The zero-order chi connectivity index (χ0) is 17.4. The van der Waals surface area contributed by atoms with Crippen LogP contribution < -0.4 is 11.3 Å². The number of carbonyl (C=O) groups excluding carboxylic acids is 1. The number of carbonyl (C=O) groups is 1. The van der Waals surface area contributed by atoms with Crippen molar-refractivity contribution in [3.63, 3.8) is 0 Å². The van der Waals surface area contributed by atoms with Crippen LogP contribution in [0.1, 0.15) is 33.9 Å². The second kappa shape index (κ2) is 6.01. The molecule has 0 aliphatic heterocycles. The monoisotopic (exact) mass is 336 g/mol. The molecule has 0 radical (unpaired) electrons. The summed E-state index contributed by atoms with van der Waals surface area (Å²) in [5, 5.41) is 0.743. The van der Waals surface area contributed by atoms with E-state index >= 15 is 0 Å². The van der Waals surface area contributed by atoms with E-state index in [9.17, 15) is 9.59 Å². The third kappa shape index (κ3) is 2.84. The topological polar surface area (TPSA) is 111 Å². The largest absolute Gasteiger partial charge is 0.454 e. The van der Waals surface area contributed by atoms with Gasteiger partial charge in [0.15, 0.2) is 12.4 Å². The van der Waals surface area contributed by atoms with Crippen LogP contribution in [0.5, 0.6) is 0 Å². The Bertz CT molecular complexity index is 1040. The van der Waals surface area contributed by atoms with Crippen molar-refractivity contribution in [1.82, 2.24) is 15.0 Å². The maximum absolute atomic E-state index is 12.3. The van der Waals surface area contributed by atoms with E-state index in [1.807, 2.05) is 24.3 Å². The molecule has 0 saturated heterocycles. The predicted octanol–water partition coefficient (Wildman–Crippen LogP) is 1.75. The molecular formula is C18H16N4O3. The summed E-state index contributed by atoms with van der Waals surface area (Å²) in [7, 11) is 0. The van der Waals surface area contributed by atoms with Gasteiger partial charge in [-0.05, 0) is 43.0 Å². The summed E-state index contributed by atoms with van der Waals surface area (Å²) in [6.07, 6.45) is 2.68. The van der Waals surface area contributed by atoms with E-state index in [0.29, 0.717) is 17.2 Å². The minimum atomic E-state index is -0.689. The molecule has 0 spiro atoms. The van der Waals surface area contributed by atoms with Crippen molar-refractivity contribution in [1.29, 1.82) is 0 Å². The number of hydrogen-bond donors (Lipinski definition) is 2. The minimum Gasteiger partial charge on any atom is -0.454 e. The highest BCUT2D eigenvalue weighted by atomic mass is 16.5. The molecule has 1 aromatic carbocycles. The number of aromatic nitrogens is 3. The van der Waals surface area contributed by atoms with Crippen LogP contribution in [0.4, 0.5) is 5.82 Å². The highest BCUT2D eigenvalue weighted by Gasteiger charge is 2.19. The molecule has 0 saturated carbocycles. The van der Waals surface area contributed by atoms with E-state index in [1.165, 1.54) is 0 Å². The molecule has 2 aromatic heterocycles. The number of nitrogen functional groups attached to an aromatic ring is 1. The lowest BCUT2D eigenvalue weighted by atomic mass is 10.1. The highest BCUT2D eigenvalue weighted by Crippen LogP contribution is 2.20. The minimum absolute atomic E-state index is 0.00871. The summed E-state index contributed by atoms with van der Waals surface area (Å²) in [5.41, 5.74) is 8.08. The van der Waals surface area contributed by atoms with Gasteiger partial charge in [0.05, 0.1) is 5.52 Å². The molecule has 3 aromatic rings. The molecule has 4 rings (SSSR count). The lowest BCUT2D eigenvalue weighted by molar-refractivity contribution is 0.0460. The number of ether oxygens (including phenoxy) is 1. The molecule has 0 amide bonds. The normalized spacial score (nSPS) is 13.0. The Balaban J connectivity index is 1.56. The number of hydrogen-bond acceptors (Lipinski definition) is 6. The maximum Gasteiger partial charge on any atom is 0.344 e. The molecule has 2 heterocycles. The van der Waals surface area contributed by atoms with Gasteiger partial charge in [-0.3, -0.25) is 4.79 Å². The molecule has 126 valence electrons. The Hall–Kier alpha value is -3.22. The second-order valence-corrected chi connectivity index (χ2v) is 5.99. The zero-order valence-electron chi connectivity index (χ0n) is 13.4. The van der Waals surface area contributed by atoms with Crippen LogP contribution in [0.3, 0.4) is 0 Å². The average Bonchev–Trinajstić information content (AvgIpc) is 3.06. The summed E-state index contributed by atoms with van der Waals surface area (Å²) in [6.45, 7) is -0.148. The van der Waals surface area contributed by atoms with Crippen molar-refractivity contribution in [3.8, 4) is 0 Å². The molecule has 0 atom stereocenters. The van der Waals surface area contributed by atoms with E-state index < -0.39 is 11.5 Å².